The second-order valence-corrected chi connectivity index (χ2v) is 19.3. The fourth-order valence-corrected chi connectivity index (χ4v) is 11.5. The minimum absolute atomic E-state index is 0.383. The standard InChI is InChI=1S/C40H28F6NO6S4/c41-38(42,40(45,46)57(51,52)53-30-24-26-35(27-25-30)54(31-15-5-1-6-16-31)32-17-7-2-8-18-32)39(43,44)56(49,50)47-37(48)29-14-13-23-36(28-29)55(33-19-9-3-10-20-33)34-21-11-4-12-22-34/h1-28H/q+1/p+1. The van der Waals surface area contributed by atoms with E-state index in [1.807, 2.05) is 24.3 Å². The number of benzene rings is 6. The number of halogens is 6. The number of sulfonamides is 1. The Labute approximate surface area is 330 Å². The molecule has 0 aliphatic carbocycles. The number of hydrogen-bond donors (Lipinski definition) is 1. The van der Waals surface area contributed by atoms with Crippen molar-refractivity contribution in [1.29, 1.82) is 0 Å². The van der Waals surface area contributed by atoms with Gasteiger partial charge in [-0.25, -0.2) is 4.72 Å². The zero-order valence-corrected chi connectivity index (χ0v) is 32.3. The first-order valence-electron chi connectivity index (χ1n) is 16.5. The molecule has 0 radical (unpaired) electrons. The van der Waals surface area contributed by atoms with E-state index in [0.29, 0.717) is 9.79 Å². The van der Waals surface area contributed by atoms with Gasteiger partial charge in [-0.15, -0.1) is 0 Å². The van der Waals surface area contributed by atoms with Gasteiger partial charge in [0.05, 0.1) is 21.8 Å². The molecule has 0 bridgehead atoms. The second kappa shape index (κ2) is 16.3. The molecular weight excluding hydrogens is 833 g/mol. The van der Waals surface area contributed by atoms with Crippen molar-refractivity contribution in [1.82, 2.24) is 4.72 Å². The van der Waals surface area contributed by atoms with Gasteiger partial charge in [-0.2, -0.15) is 43.2 Å². The van der Waals surface area contributed by atoms with E-state index in [2.05, 4.69) is 4.18 Å². The van der Waals surface area contributed by atoms with Crippen LogP contribution in [0.4, 0.5) is 26.3 Å². The van der Waals surface area contributed by atoms with Crippen LogP contribution in [-0.2, 0) is 41.9 Å². The molecule has 1 N–H and O–H groups in total. The lowest BCUT2D eigenvalue weighted by atomic mass is 10.2. The lowest BCUT2D eigenvalue weighted by Gasteiger charge is -2.31. The van der Waals surface area contributed by atoms with Gasteiger partial charge in [0, 0.05) is 11.6 Å². The summed E-state index contributed by atoms with van der Waals surface area (Å²) in [6.07, 6.45) is 0. The zero-order valence-electron chi connectivity index (χ0n) is 29.0. The van der Waals surface area contributed by atoms with Gasteiger partial charge in [0.15, 0.2) is 29.4 Å². The van der Waals surface area contributed by atoms with Crippen molar-refractivity contribution in [2.24, 2.45) is 0 Å². The number of nitrogens with one attached hydrogen (secondary N) is 1. The number of alkyl halides is 6. The van der Waals surface area contributed by atoms with E-state index in [0.717, 1.165) is 48.6 Å². The smallest absolute Gasteiger partial charge is 0.378 e. The van der Waals surface area contributed by atoms with Gasteiger partial charge in [-0.1, -0.05) is 78.9 Å². The summed E-state index contributed by atoms with van der Waals surface area (Å²) in [4.78, 5) is 17.0. The fourth-order valence-electron chi connectivity index (χ4n) is 5.36. The molecule has 17 heteroatoms. The Hall–Kier alpha value is -5.23. The molecule has 0 saturated heterocycles. The maximum Gasteiger partial charge on any atom is 0.450 e. The van der Waals surface area contributed by atoms with Gasteiger partial charge in [-0.05, 0) is 84.9 Å². The molecule has 57 heavy (non-hydrogen) atoms. The minimum Gasteiger partial charge on any atom is -0.378 e. The Kier molecular flexibility index (Phi) is 11.9. The minimum atomic E-state index is -7.17. The molecule has 0 aliphatic heterocycles. The summed E-state index contributed by atoms with van der Waals surface area (Å²) in [5.74, 6) is -10.00. The number of amides is 1. The first kappa shape index (κ1) is 41.4. The molecule has 0 saturated carbocycles. The first-order chi connectivity index (χ1) is 27.0. The molecule has 6 aromatic carbocycles. The Balaban J connectivity index is 1.23. The SMILES string of the molecule is O=C(NS(=O)(=O)C(F)(F)C(F)(F)C(F)(F)S(=O)(=O)Oc1ccc([S+](c2ccccc2)c2ccccc2)cc1)c1cccc([S+](c2ccccc2)c2ccccc2)c1. The van der Waals surface area contributed by atoms with Crippen LogP contribution < -0.4 is 8.91 Å². The molecule has 294 valence electrons. The van der Waals surface area contributed by atoms with Gasteiger partial charge in [-0.3, -0.25) is 4.79 Å². The quantitative estimate of drug-likeness (QED) is 0.0666. The molecule has 6 rings (SSSR count). The number of rotatable bonds is 14. The average Bonchev–Trinajstić information content (AvgIpc) is 3.20. The summed E-state index contributed by atoms with van der Waals surface area (Å²) in [5.41, 5.74) is -0.604. The van der Waals surface area contributed by atoms with Crippen molar-refractivity contribution in [3.05, 3.63) is 175 Å². The maximum absolute atomic E-state index is 15.2. The predicted molar refractivity (Wildman–Crippen MR) is 204 cm³/mol. The highest BCUT2D eigenvalue weighted by Gasteiger charge is 2.83. The molecule has 0 heterocycles. The molecule has 0 unspecified atom stereocenters. The van der Waals surface area contributed by atoms with Gasteiger partial charge in [0.25, 0.3) is 5.91 Å². The Morgan fingerprint density at radius 3 is 1.26 bits per heavy atom. The van der Waals surface area contributed by atoms with Crippen LogP contribution in [0.25, 0.3) is 0 Å². The van der Waals surface area contributed by atoms with Gasteiger partial charge in [0.1, 0.15) is 5.75 Å². The van der Waals surface area contributed by atoms with Crippen molar-refractivity contribution >= 4 is 47.8 Å². The van der Waals surface area contributed by atoms with Crippen molar-refractivity contribution in [3.63, 3.8) is 0 Å². The molecular formula is C40H29F6NO6S4+2. The normalized spacial score (nSPS) is 12.7. The van der Waals surface area contributed by atoms with Crippen LogP contribution in [0.15, 0.2) is 199 Å². The summed E-state index contributed by atoms with van der Waals surface area (Å²) in [5, 5.41) is -13.7. The second-order valence-electron chi connectivity index (χ2n) is 11.9. The van der Waals surface area contributed by atoms with Gasteiger partial charge in [0.2, 0.25) is 0 Å². The molecule has 0 spiro atoms. The summed E-state index contributed by atoms with van der Waals surface area (Å²) in [6.45, 7) is 0. The maximum atomic E-state index is 15.2. The molecule has 0 atom stereocenters. The van der Waals surface area contributed by atoms with E-state index < -0.39 is 75.6 Å². The Bertz CT molecular complexity index is 2480. The van der Waals surface area contributed by atoms with E-state index in [1.165, 1.54) is 18.2 Å². The number of hydrogen-bond acceptors (Lipinski definition) is 6. The lowest BCUT2D eigenvalue weighted by molar-refractivity contribution is -0.245. The number of carbonyl (C=O) groups excluding carboxylic acids is 1. The molecule has 0 fully saturated rings. The number of carbonyl (C=O) groups is 1. The predicted octanol–water partition coefficient (Wildman–Crippen LogP) is 9.17. The third-order valence-electron chi connectivity index (χ3n) is 8.12. The summed E-state index contributed by atoms with van der Waals surface area (Å²) < 4.78 is 146. The van der Waals surface area contributed by atoms with E-state index in [1.54, 1.807) is 103 Å². The van der Waals surface area contributed by atoms with Crippen LogP contribution >= 0.6 is 0 Å². The highest BCUT2D eigenvalue weighted by Crippen LogP contribution is 2.51. The van der Waals surface area contributed by atoms with E-state index in [-0.39, 0.29) is 0 Å². The molecule has 0 aliphatic rings. The monoisotopic (exact) mass is 861 g/mol. The topological polar surface area (TPSA) is 107 Å². The fraction of sp³-hybridized carbons (Fsp3) is 0.0750. The van der Waals surface area contributed by atoms with Crippen molar-refractivity contribution in [2.75, 3.05) is 0 Å². The van der Waals surface area contributed by atoms with Crippen molar-refractivity contribution in [2.45, 2.75) is 45.8 Å². The Morgan fingerprint density at radius 1 is 0.474 bits per heavy atom. The van der Waals surface area contributed by atoms with E-state index >= 15 is 26.3 Å². The summed E-state index contributed by atoms with van der Waals surface area (Å²) in [6, 6.07) is 44.7. The van der Waals surface area contributed by atoms with Gasteiger partial charge < -0.3 is 4.18 Å². The third kappa shape index (κ3) is 8.28. The van der Waals surface area contributed by atoms with Crippen LogP contribution in [0.5, 0.6) is 5.75 Å². The van der Waals surface area contributed by atoms with E-state index in [4.69, 9.17) is 0 Å². The first-order valence-corrected chi connectivity index (χ1v) is 21.8. The molecule has 1 amide bonds. The van der Waals surface area contributed by atoms with Crippen LogP contribution in [0, 0.1) is 0 Å². The van der Waals surface area contributed by atoms with Crippen molar-refractivity contribution < 1.29 is 52.2 Å². The van der Waals surface area contributed by atoms with Crippen molar-refractivity contribution in [3.8, 4) is 5.75 Å². The Morgan fingerprint density at radius 2 is 0.842 bits per heavy atom. The molecule has 6 aromatic rings. The highest BCUT2D eigenvalue weighted by atomic mass is 32.2. The van der Waals surface area contributed by atoms with Crippen LogP contribution in [-0.4, -0.2) is 39.2 Å². The summed E-state index contributed by atoms with van der Waals surface area (Å²) in [7, 11) is -15.8. The largest absolute Gasteiger partial charge is 0.450 e. The third-order valence-corrected chi connectivity index (χ3v) is 15.2. The van der Waals surface area contributed by atoms with E-state index in [9.17, 15) is 21.6 Å². The lowest BCUT2D eigenvalue weighted by Crippen LogP contribution is -2.63. The van der Waals surface area contributed by atoms with Crippen LogP contribution in [0.1, 0.15) is 10.4 Å². The highest BCUT2D eigenvalue weighted by molar-refractivity contribution is 7.97. The zero-order chi connectivity index (χ0) is 41.1. The average molecular weight is 862 g/mol. The summed E-state index contributed by atoms with van der Waals surface area (Å²) >= 11 is 0. The molecule has 0 aromatic heterocycles. The van der Waals surface area contributed by atoms with Gasteiger partial charge >= 0.3 is 36.6 Å². The molecule has 7 nitrogen and oxygen atoms in total. The van der Waals surface area contributed by atoms with Crippen LogP contribution in [0.3, 0.4) is 0 Å². The van der Waals surface area contributed by atoms with Crippen LogP contribution in [0.2, 0.25) is 0 Å².